The summed E-state index contributed by atoms with van der Waals surface area (Å²) < 4.78 is 15.9. The fourth-order valence-corrected chi connectivity index (χ4v) is 3.61. The molecular weight excluding hydrogens is 418 g/mol. The average Bonchev–Trinajstić information content (AvgIpc) is 2.81. The van der Waals surface area contributed by atoms with Crippen LogP contribution in [0.2, 0.25) is 0 Å². The summed E-state index contributed by atoms with van der Waals surface area (Å²) in [6.07, 6.45) is 1.30. The topological polar surface area (TPSA) is 121 Å². The third-order valence-electron chi connectivity index (χ3n) is 5.11. The molecule has 0 fully saturated rings. The van der Waals surface area contributed by atoms with Crippen LogP contribution in [0.15, 0.2) is 47.6 Å². The SMILES string of the molecule is COc1cc(OC)c(OC)cc1C=NN1C(=O)c2cccc3c([N+](=O)[O-])ccc(c23)C1=O. The van der Waals surface area contributed by atoms with Gasteiger partial charge in [-0.25, -0.2) is 0 Å². The second-order valence-electron chi connectivity index (χ2n) is 6.73. The fourth-order valence-electron chi connectivity index (χ4n) is 3.61. The van der Waals surface area contributed by atoms with Crippen LogP contribution in [0.25, 0.3) is 10.8 Å². The number of rotatable bonds is 6. The first-order chi connectivity index (χ1) is 15.4. The van der Waals surface area contributed by atoms with Gasteiger partial charge in [-0.05, 0) is 24.3 Å². The lowest BCUT2D eigenvalue weighted by Gasteiger charge is -2.23. The molecular formula is C22H17N3O7. The molecule has 1 heterocycles. The van der Waals surface area contributed by atoms with E-state index in [1.165, 1.54) is 57.9 Å². The molecule has 10 heteroatoms. The highest BCUT2D eigenvalue weighted by atomic mass is 16.6. The van der Waals surface area contributed by atoms with Crippen LogP contribution < -0.4 is 14.2 Å². The molecule has 0 atom stereocenters. The molecule has 0 bridgehead atoms. The van der Waals surface area contributed by atoms with Gasteiger partial charge in [0.2, 0.25) is 0 Å². The van der Waals surface area contributed by atoms with E-state index in [-0.39, 0.29) is 27.6 Å². The number of imide groups is 1. The normalized spacial score (nSPS) is 13.0. The molecule has 32 heavy (non-hydrogen) atoms. The van der Waals surface area contributed by atoms with Gasteiger partial charge in [0.1, 0.15) is 5.75 Å². The molecule has 0 saturated heterocycles. The van der Waals surface area contributed by atoms with Gasteiger partial charge in [-0.1, -0.05) is 6.07 Å². The molecule has 2 amide bonds. The van der Waals surface area contributed by atoms with Crippen LogP contribution in [0.4, 0.5) is 5.69 Å². The molecule has 1 aliphatic heterocycles. The molecule has 0 spiro atoms. The summed E-state index contributed by atoms with van der Waals surface area (Å²) in [6, 6.07) is 10.3. The number of carbonyl (C=O) groups excluding carboxylic acids is 2. The minimum Gasteiger partial charge on any atom is -0.496 e. The highest BCUT2D eigenvalue weighted by Crippen LogP contribution is 2.36. The molecule has 0 aromatic heterocycles. The predicted molar refractivity (Wildman–Crippen MR) is 115 cm³/mol. The Balaban J connectivity index is 1.80. The lowest BCUT2D eigenvalue weighted by atomic mass is 9.94. The predicted octanol–water partition coefficient (Wildman–Crippen LogP) is 3.40. The molecule has 4 rings (SSSR count). The zero-order valence-corrected chi connectivity index (χ0v) is 17.3. The lowest BCUT2D eigenvalue weighted by molar-refractivity contribution is -0.383. The van der Waals surface area contributed by atoms with Crippen molar-refractivity contribution in [1.82, 2.24) is 5.01 Å². The van der Waals surface area contributed by atoms with E-state index in [4.69, 9.17) is 14.2 Å². The van der Waals surface area contributed by atoms with E-state index in [1.54, 1.807) is 12.1 Å². The second-order valence-corrected chi connectivity index (χ2v) is 6.73. The zero-order chi connectivity index (χ0) is 23.0. The molecule has 1 aliphatic rings. The molecule has 0 N–H and O–H groups in total. The number of amides is 2. The Morgan fingerprint density at radius 3 is 2.16 bits per heavy atom. The van der Waals surface area contributed by atoms with Crippen molar-refractivity contribution in [3.05, 3.63) is 69.3 Å². The highest BCUT2D eigenvalue weighted by Gasteiger charge is 2.34. The van der Waals surface area contributed by atoms with Gasteiger partial charge in [0.15, 0.2) is 11.5 Å². The fraction of sp³-hybridized carbons (Fsp3) is 0.136. The Bertz CT molecular complexity index is 1290. The molecule has 0 saturated carbocycles. The van der Waals surface area contributed by atoms with Crippen molar-refractivity contribution < 1.29 is 28.7 Å². The molecule has 0 aliphatic carbocycles. The number of benzene rings is 3. The summed E-state index contributed by atoms with van der Waals surface area (Å²) in [5, 5.41) is 16.6. The first-order valence-corrected chi connectivity index (χ1v) is 9.34. The summed E-state index contributed by atoms with van der Waals surface area (Å²) >= 11 is 0. The number of ether oxygens (including phenoxy) is 3. The van der Waals surface area contributed by atoms with Gasteiger partial charge in [-0.2, -0.15) is 10.1 Å². The lowest BCUT2D eigenvalue weighted by Crippen LogP contribution is -2.36. The summed E-state index contributed by atoms with van der Waals surface area (Å²) in [5.41, 5.74) is 0.561. The quantitative estimate of drug-likeness (QED) is 0.252. The summed E-state index contributed by atoms with van der Waals surface area (Å²) in [5.74, 6) is -0.141. The van der Waals surface area contributed by atoms with Crippen LogP contribution >= 0.6 is 0 Å². The largest absolute Gasteiger partial charge is 0.496 e. The Hall–Kier alpha value is -4.47. The van der Waals surface area contributed by atoms with Crippen molar-refractivity contribution in [2.45, 2.75) is 0 Å². The maximum Gasteiger partial charge on any atom is 0.282 e. The van der Waals surface area contributed by atoms with Crippen molar-refractivity contribution in [2.24, 2.45) is 5.10 Å². The molecule has 3 aromatic rings. The van der Waals surface area contributed by atoms with Gasteiger partial charge in [0.05, 0.1) is 49.0 Å². The number of nitro benzene ring substituents is 1. The number of hydrazone groups is 1. The second kappa shape index (κ2) is 7.99. The van der Waals surface area contributed by atoms with E-state index >= 15 is 0 Å². The maximum absolute atomic E-state index is 13.0. The van der Waals surface area contributed by atoms with Gasteiger partial charge in [-0.15, -0.1) is 0 Å². The first-order valence-electron chi connectivity index (χ1n) is 9.34. The van der Waals surface area contributed by atoms with E-state index in [0.717, 1.165) is 5.01 Å². The van der Waals surface area contributed by atoms with E-state index < -0.39 is 16.7 Å². The van der Waals surface area contributed by atoms with Gasteiger partial charge >= 0.3 is 0 Å². The number of hydrogen-bond donors (Lipinski definition) is 0. The van der Waals surface area contributed by atoms with E-state index in [0.29, 0.717) is 22.8 Å². The van der Waals surface area contributed by atoms with Gasteiger partial charge in [-0.3, -0.25) is 19.7 Å². The number of carbonyl (C=O) groups is 2. The third-order valence-corrected chi connectivity index (χ3v) is 5.11. The van der Waals surface area contributed by atoms with Crippen molar-refractivity contribution in [3.8, 4) is 17.2 Å². The third kappa shape index (κ3) is 3.18. The van der Waals surface area contributed by atoms with E-state index in [2.05, 4.69) is 5.10 Å². The molecule has 10 nitrogen and oxygen atoms in total. The van der Waals surface area contributed by atoms with Crippen LogP contribution in [0.1, 0.15) is 26.3 Å². The van der Waals surface area contributed by atoms with Crippen LogP contribution in [0, 0.1) is 10.1 Å². The molecule has 0 unspecified atom stereocenters. The van der Waals surface area contributed by atoms with Crippen LogP contribution in [-0.4, -0.2) is 49.3 Å². The van der Waals surface area contributed by atoms with Crippen LogP contribution in [0.3, 0.4) is 0 Å². The summed E-state index contributed by atoms with van der Waals surface area (Å²) in [6.45, 7) is 0. The molecule has 0 radical (unpaired) electrons. The summed E-state index contributed by atoms with van der Waals surface area (Å²) in [7, 11) is 4.41. The van der Waals surface area contributed by atoms with E-state index in [1.807, 2.05) is 0 Å². The Labute approximate surface area is 181 Å². The van der Waals surface area contributed by atoms with Gasteiger partial charge in [0.25, 0.3) is 17.5 Å². The average molecular weight is 435 g/mol. The highest BCUT2D eigenvalue weighted by molar-refractivity contribution is 6.26. The molecule has 3 aromatic carbocycles. The monoisotopic (exact) mass is 435 g/mol. The molecule has 162 valence electrons. The Morgan fingerprint density at radius 2 is 1.53 bits per heavy atom. The van der Waals surface area contributed by atoms with Crippen molar-refractivity contribution in [3.63, 3.8) is 0 Å². The van der Waals surface area contributed by atoms with Crippen molar-refractivity contribution >= 4 is 34.5 Å². The Kier molecular flexibility index (Phi) is 5.19. The zero-order valence-electron chi connectivity index (χ0n) is 17.3. The maximum atomic E-state index is 13.0. The Morgan fingerprint density at radius 1 is 0.906 bits per heavy atom. The number of non-ortho nitro benzene ring substituents is 1. The van der Waals surface area contributed by atoms with Gasteiger partial charge in [0, 0.05) is 23.1 Å². The van der Waals surface area contributed by atoms with Crippen molar-refractivity contribution in [2.75, 3.05) is 21.3 Å². The summed E-state index contributed by atoms with van der Waals surface area (Å²) in [4.78, 5) is 36.9. The van der Waals surface area contributed by atoms with Crippen LogP contribution in [0.5, 0.6) is 17.2 Å². The first kappa shape index (κ1) is 20.8. The van der Waals surface area contributed by atoms with E-state index in [9.17, 15) is 19.7 Å². The number of nitro groups is 1. The number of methoxy groups -OCH3 is 3. The van der Waals surface area contributed by atoms with Gasteiger partial charge < -0.3 is 14.2 Å². The number of hydrogen-bond acceptors (Lipinski definition) is 8. The minimum absolute atomic E-state index is 0.150. The standard InChI is InChI=1S/C22H17N3O7/c1-30-17-10-19(32-3)18(31-2)9-12(17)11-23-24-21(26)14-6-4-5-13-16(25(28)29)8-7-15(20(13)14)22(24)27/h4-11H,1-3H3. The minimum atomic E-state index is -0.690. The smallest absolute Gasteiger partial charge is 0.282 e. The van der Waals surface area contributed by atoms with Crippen LogP contribution in [-0.2, 0) is 0 Å². The number of nitrogens with zero attached hydrogens (tertiary/aromatic N) is 3. The van der Waals surface area contributed by atoms with Crippen molar-refractivity contribution in [1.29, 1.82) is 0 Å².